The molecule has 0 fully saturated rings. The van der Waals surface area contributed by atoms with Gasteiger partial charge in [0.1, 0.15) is 0 Å². The molecule has 2 aliphatic rings. The maximum atomic E-state index is 2.48. The van der Waals surface area contributed by atoms with Crippen LogP contribution in [0.1, 0.15) is 0 Å². The summed E-state index contributed by atoms with van der Waals surface area (Å²) in [6.07, 6.45) is 0. The Bertz CT molecular complexity index is 2370. The lowest BCUT2D eigenvalue weighted by molar-refractivity contribution is 1.18. The molecule has 0 spiro atoms. The van der Waals surface area contributed by atoms with Gasteiger partial charge in [-0.1, -0.05) is 139 Å². The zero-order chi connectivity index (χ0) is 30.2. The fourth-order valence-electron chi connectivity index (χ4n) is 7.84. The quantitative estimate of drug-likeness (QED) is 0.179. The second-order valence-corrected chi connectivity index (χ2v) is 17.9. The molecule has 10 rings (SSSR count). The third-order valence-corrected chi connectivity index (χ3v) is 17.6. The summed E-state index contributed by atoms with van der Waals surface area (Å²) < 4.78 is 2.42. The zero-order valence-corrected chi connectivity index (χ0v) is 27.5. The molecular weight excluding hydrogens is 611 g/mol. The third-order valence-electron chi connectivity index (χ3n) is 9.69. The van der Waals surface area contributed by atoms with E-state index in [4.69, 9.17) is 0 Å². The fraction of sp³-hybridized carbons (Fsp3) is 0. The minimum absolute atomic E-state index is 1.19. The predicted molar refractivity (Wildman–Crippen MR) is 198 cm³/mol. The van der Waals surface area contributed by atoms with Crippen LogP contribution in [-0.4, -0.2) is 12.6 Å². The lowest BCUT2D eigenvalue weighted by Crippen LogP contribution is -2.78. The van der Waals surface area contributed by atoms with Crippen molar-refractivity contribution in [1.29, 1.82) is 0 Å². The van der Waals surface area contributed by atoms with Crippen molar-refractivity contribution < 1.29 is 0 Å². The van der Waals surface area contributed by atoms with E-state index in [0.717, 1.165) is 0 Å². The standard InChI is InChI=1S/C42H27NS2Si/c1-2-15-31(16-3-1)46-40-23-10-8-21-36(40)44-38-26-29(27-39(42(38)46)45-37-22-9-11-24-41(37)46)28-13-12-14-30(25-28)43-34-19-6-4-17-32(34)33-18-5-7-20-35(33)43/h1-27H. The van der Waals surface area contributed by atoms with E-state index < -0.39 is 8.07 Å². The lowest BCUT2D eigenvalue weighted by Gasteiger charge is -2.44. The molecule has 8 aromatic rings. The average molecular weight is 638 g/mol. The van der Waals surface area contributed by atoms with E-state index in [1.54, 1.807) is 5.19 Å². The normalized spacial score (nSPS) is 14.1. The predicted octanol–water partition coefficient (Wildman–Crippen LogP) is 8.76. The average Bonchev–Trinajstić information content (AvgIpc) is 3.46. The summed E-state index contributed by atoms with van der Waals surface area (Å²) in [5.74, 6) is 0. The zero-order valence-electron chi connectivity index (χ0n) is 24.9. The highest BCUT2D eigenvalue weighted by Crippen LogP contribution is 2.44. The van der Waals surface area contributed by atoms with Crippen LogP contribution >= 0.6 is 23.5 Å². The molecule has 0 saturated heterocycles. The van der Waals surface area contributed by atoms with Gasteiger partial charge in [-0.15, -0.1) is 0 Å². The van der Waals surface area contributed by atoms with Gasteiger partial charge in [-0.2, -0.15) is 0 Å². The SMILES string of the molecule is c1ccc([Si]23c4ccccc4Sc4cc(-c5cccc(-n6c7ccccc7c7ccccc76)c5)cc(c42)Sc2ccccc23)cc1. The smallest absolute Gasteiger partial charge is 0.184 e. The maximum absolute atomic E-state index is 2.54. The second-order valence-electron chi connectivity index (χ2n) is 12.1. The number of fused-ring (bicyclic) bond motifs is 7. The monoisotopic (exact) mass is 637 g/mol. The molecule has 1 nitrogen and oxygen atoms in total. The first kappa shape index (κ1) is 26.5. The van der Waals surface area contributed by atoms with Gasteiger partial charge >= 0.3 is 0 Å². The van der Waals surface area contributed by atoms with Gasteiger partial charge < -0.3 is 4.57 Å². The number of aromatic nitrogens is 1. The molecule has 0 amide bonds. The summed E-state index contributed by atoms with van der Waals surface area (Å²) in [6.45, 7) is 0. The number of benzene rings is 7. The van der Waals surface area contributed by atoms with Crippen molar-refractivity contribution in [3.63, 3.8) is 0 Å². The lowest BCUT2D eigenvalue weighted by atomic mass is 10.0. The van der Waals surface area contributed by atoms with Crippen molar-refractivity contribution in [2.24, 2.45) is 0 Å². The number of hydrogen-bond acceptors (Lipinski definition) is 2. The van der Waals surface area contributed by atoms with Gasteiger partial charge in [-0.25, -0.2) is 0 Å². The van der Waals surface area contributed by atoms with Crippen molar-refractivity contribution in [2.45, 2.75) is 19.6 Å². The van der Waals surface area contributed by atoms with Crippen LogP contribution in [0, 0.1) is 0 Å². The summed E-state index contributed by atoms with van der Waals surface area (Å²) in [4.78, 5) is 5.56. The molecule has 0 N–H and O–H groups in total. The van der Waals surface area contributed by atoms with Gasteiger partial charge in [0.05, 0.1) is 11.0 Å². The number of rotatable bonds is 3. The first-order valence-corrected chi connectivity index (χ1v) is 19.3. The molecule has 0 aliphatic carbocycles. The van der Waals surface area contributed by atoms with Crippen LogP contribution in [0.4, 0.5) is 0 Å². The van der Waals surface area contributed by atoms with Crippen LogP contribution in [0.15, 0.2) is 183 Å². The summed E-state index contributed by atoms with van der Waals surface area (Å²) in [5.41, 5.74) is 6.17. The van der Waals surface area contributed by atoms with Crippen molar-refractivity contribution in [1.82, 2.24) is 4.57 Å². The van der Waals surface area contributed by atoms with Gasteiger partial charge in [0.25, 0.3) is 0 Å². The Morgan fingerprint density at radius 3 is 1.59 bits per heavy atom. The van der Waals surface area contributed by atoms with Crippen LogP contribution in [0.25, 0.3) is 38.6 Å². The minimum atomic E-state index is -2.54. The van der Waals surface area contributed by atoms with Crippen molar-refractivity contribution >= 4 is 74.2 Å². The Morgan fingerprint density at radius 2 is 0.957 bits per heavy atom. The first-order chi connectivity index (χ1) is 22.8. The van der Waals surface area contributed by atoms with Crippen LogP contribution in [0.3, 0.4) is 0 Å². The molecule has 0 saturated carbocycles. The molecule has 0 bridgehead atoms. The highest BCUT2D eigenvalue weighted by Gasteiger charge is 2.51. The molecule has 1 aromatic heterocycles. The van der Waals surface area contributed by atoms with Crippen LogP contribution in [0.2, 0.25) is 0 Å². The molecule has 4 heteroatoms. The number of nitrogens with zero attached hydrogens (tertiary/aromatic N) is 1. The molecule has 0 atom stereocenters. The summed E-state index contributed by atoms with van der Waals surface area (Å²) in [5, 5.41) is 8.60. The molecule has 216 valence electrons. The summed E-state index contributed by atoms with van der Waals surface area (Å²) >= 11 is 3.90. The second kappa shape index (κ2) is 10.1. The molecule has 46 heavy (non-hydrogen) atoms. The molecule has 3 heterocycles. The molecule has 2 aliphatic heterocycles. The Kier molecular flexibility index (Phi) is 5.83. The molecular formula is C42H27NS2Si. The van der Waals surface area contributed by atoms with Crippen molar-refractivity contribution in [3.05, 3.63) is 164 Å². The van der Waals surface area contributed by atoms with Crippen LogP contribution < -0.4 is 20.7 Å². The van der Waals surface area contributed by atoms with Gasteiger partial charge in [-0.05, 0) is 80.4 Å². The Hall–Kier alpha value is -4.74. The van der Waals surface area contributed by atoms with Gasteiger partial charge in [-0.3, -0.25) is 0 Å². The van der Waals surface area contributed by atoms with Gasteiger partial charge in [0.2, 0.25) is 0 Å². The minimum Gasteiger partial charge on any atom is -0.309 e. The topological polar surface area (TPSA) is 4.93 Å². The van der Waals surface area contributed by atoms with E-state index >= 15 is 0 Å². The van der Waals surface area contributed by atoms with Crippen LogP contribution in [0.5, 0.6) is 0 Å². The van der Waals surface area contributed by atoms with E-state index in [1.165, 1.54) is 73.8 Å². The van der Waals surface area contributed by atoms with E-state index in [-0.39, 0.29) is 0 Å². The van der Waals surface area contributed by atoms with Crippen molar-refractivity contribution in [3.8, 4) is 16.8 Å². The van der Waals surface area contributed by atoms with Gasteiger partial charge in [0, 0.05) is 36.0 Å². The highest BCUT2D eigenvalue weighted by molar-refractivity contribution is 8.01. The van der Waals surface area contributed by atoms with E-state index in [0.29, 0.717) is 0 Å². The van der Waals surface area contributed by atoms with Crippen LogP contribution in [-0.2, 0) is 0 Å². The Morgan fingerprint density at radius 1 is 0.413 bits per heavy atom. The molecule has 0 radical (unpaired) electrons. The van der Waals surface area contributed by atoms with E-state index in [2.05, 4.69) is 168 Å². The van der Waals surface area contributed by atoms with Gasteiger partial charge in [0.15, 0.2) is 8.07 Å². The Balaban J connectivity index is 1.23. The number of hydrogen-bond donors (Lipinski definition) is 0. The third kappa shape index (κ3) is 3.66. The first-order valence-electron chi connectivity index (χ1n) is 15.7. The molecule has 7 aromatic carbocycles. The number of para-hydroxylation sites is 2. The van der Waals surface area contributed by atoms with E-state index in [1.807, 2.05) is 23.5 Å². The van der Waals surface area contributed by atoms with E-state index in [9.17, 15) is 0 Å². The molecule has 0 unspecified atom stereocenters. The summed E-state index contributed by atoms with van der Waals surface area (Å²) in [7, 11) is -2.54. The van der Waals surface area contributed by atoms with Crippen molar-refractivity contribution in [2.75, 3.05) is 0 Å². The highest BCUT2D eigenvalue weighted by atomic mass is 32.2. The largest absolute Gasteiger partial charge is 0.309 e. The fourth-order valence-corrected chi connectivity index (χ4v) is 17.2. The summed E-state index contributed by atoms with van der Waals surface area (Å²) in [6, 6.07) is 61.3. The Labute approximate surface area is 277 Å². The maximum Gasteiger partial charge on any atom is 0.184 e.